The third-order valence-corrected chi connectivity index (χ3v) is 6.66. The third-order valence-electron chi connectivity index (χ3n) is 4.22. The Balaban J connectivity index is 1.66. The molecule has 124 valence electrons. The van der Waals surface area contributed by atoms with Crippen LogP contribution in [0.2, 0.25) is 0 Å². The van der Waals surface area contributed by atoms with Crippen LogP contribution in [0.3, 0.4) is 0 Å². The molecule has 0 radical (unpaired) electrons. The van der Waals surface area contributed by atoms with Crippen molar-refractivity contribution in [1.29, 1.82) is 0 Å². The Hall–Kier alpha value is -1.41. The van der Waals surface area contributed by atoms with Crippen molar-refractivity contribution in [2.75, 3.05) is 23.0 Å². The van der Waals surface area contributed by atoms with Crippen LogP contribution in [0.1, 0.15) is 12.8 Å². The molecule has 2 saturated heterocycles. The second kappa shape index (κ2) is 6.24. The van der Waals surface area contributed by atoms with Gasteiger partial charge in [0, 0.05) is 23.5 Å². The normalized spacial score (nSPS) is 26.5. The highest BCUT2D eigenvalue weighted by molar-refractivity contribution is 9.10. The lowest BCUT2D eigenvalue weighted by atomic mass is 10.1. The van der Waals surface area contributed by atoms with Crippen molar-refractivity contribution < 1.29 is 18.0 Å². The van der Waals surface area contributed by atoms with Crippen molar-refractivity contribution in [3.8, 4) is 0 Å². The summed E-state index contributed by atoms with van der Waals surface area (Å²) in [6, 6.07) is 7.04. The van der Waals surface area contributed by atoms with Crippen LogP contribution in [0.25, 0.3) is 0 Å². The van der Waals surface area contributed by atoms with Crippen molar-refractivity contribution >= 4 is 43.3 Å². The molecule has 3 rings (SSSR count). The molecule has 0 aromatic heterocycles. The molecule has 2 fully saturated rings. The Bertz CT molecular complexity index is 750. The molecular weight excluding hydrogens is 384 g/mol. The summed E-state index contributed by atoms with van der Waals surface area (Å²) in [4.78, 5) is 26.1. The first-order chi connectivity index (χ1) is 10.9. The van der Waals surface area contributed by atoms with E-state index in [2.05, 4.69) is 21.2 Å². The van der Waals surface area contributed by atoms with Crippen molar-refractivity contribution in [3.63, 3.8) is 0 Å². The molecule has 1 aromatic carbocycles. The average molecular weight is 401 g/mol. The first-order valence-corrected chi connectivity index (χ1v) is 10.0. The van der Waals surface area contributed by atoms with Crippen LogP contribution in [-0.2, 0) is 19.4 Å². The fourth-order valence-electron chi connectivity index (χ4n) is 3.01. The summed E-state index contributed by atoms with van der Waals surface area (Å²) in [5.74, 6) is -0.679. The van der Waals surface area contributed by atoms with Gasteiger partial charge in [-0.25, -0.2) is 8.42 Å². The molecule has 6 nitrogen and oxygen atoms in total. The number of anilines is 1. The molecule has 2 aliphatic rings. The van der Waals surface area contributed by atoms with E-state index >= 15 is 0 Å². The van der Waals surface area contributed by atoms with E-state index in [4.69, 9.17) is 0 Å². The number of rotatable bonds is 3. The van der Waals surface area contributed by atoms with E-state index in [0.717, 1.165) is 10.2 Å². The summed E-state index contributed by atoms with van der Waals surface area (Å²) >= 11 is 3.41. The Morgan fingerprint density at radius 1 is 1.30 bits per heavy atom. The van der Waals surface area contributed by atoms with Gasteiger partial charge in [0.1, 0.15) is 0 Å². The van der Waals surface area contributed by atoms with Gasteiger partial charge in [-0.1, -0.05) is 12.1 Å². The van der Waals surface area contributed by atoms with E-state index in [0.29, 0.717) is 13.0 Å². The Morgan fingerprint density at radius 2 is 2.04 bits per heavy atom. The smallest absolute Gasteiger partial charge is 0.227 e. The van der Waals surface area contributed by atoms with E-state index in [1.54, 1.807) is 4.90 Å². The van der Waals surface area contributed by atoms with Crippen LogP contribution in [-0.4, -0.2) is 44.3 Å². The van der Waals surface area contributed by atoms with Gasteiger partial charge in [-0.05, 0) is 34.5 Å². The van der Waals surface area contributed by atoms with Crippen molar-refractivity contribution in [2.45, 2.75) is 18.9 Å². The third kappa shape index (κ3) is 3.58. The number of hydrogen-bond donors (Lipinski definition) is 1. The molecule has 2 aliphatic heterocycles. The van der Waals surface area contributed by atoms with Gasteiger partial charge in [0.05, 0.1) is 23.1 Å². The topological polar surface area (TPSA) is 83.5 Å². The fourth-order valence-corrected chi connectivity index (χ4v) is 5.19. The maximum Gasteiger partial charge on any atom is 0.227 e. The largest absolute Gasteiger partial charge is 0.352 e. The van der Waals surface area contributed by atoms with Crippen LogP contribution in [0.4, 0.5) is 5.69 Å². The number of nitrogens with one attached hydrogen (secondary N) is 1. The summed E-state index contributed by atoms with van der Waals surface area (Å²) < 4.78 is 23.7. The quantitative estimate of drug-likeness (QED) is 0.823. The molecule has 1 aromatic rings. The molecule has 2 amide bonds. The van der Waals surface area contributed by atoms with Gasteiger partial charge in [-0.3, -0.25) is 9.59 Å². The number of para-hydroxylation sites is 1. The number of benzene rings is 1. The highest BCUT2D eigenvalue weighted by Gasteiger charge is 2.37. The summed E-state index contributed by atoms with van der Waals surface area (Å²) in [5.41, 5.74) is 0.747. The van der Waals surface area contributed by atoms with Gasteiger partial charge in [0.2, 0.25) is 11.8 Å². The molecule has 0 bridgehead atoms. The number of halogens is 1. The minimum Gasteiger partial charge on any atom is -0.352 e. The van der Waals surface area contributed by atoms with E-state index in [-0.39, 0.29) is 35.8 Å². The van der Waals surface area contributed by atoms with Crippen molar-refractivity contribution in [1.82, 2.24) is 5.32 Å². The number of nitrogens with zero attached hydrogens (tertiary/aromatic N) is 1. The maximum atomic E-state index is 12.3. The number of hydrogen-bond acceptors (Lipinski definition) is 4. The number of sulfone groups is 1. The van der Waals surface area contributed by atoms with E-state index in [1.165, 1.54) is 0 Å². The Kier molecular flexibility index (Phi) is 4.46. The first kappa shape index (κ1) is 16.4. The van der Waals surface area contributed by atoms with Crippen LogP contribution >= 0.6 is 15.9 Å². The molecule has 1 N–H and O–H groups in total. The SMILES string of the molecule is O=C(N[C@@H]1CCS(=O)(=O)C1)[C@@H]1CC(=O)N(c2ccccc2Br)C1. The predicted octanol–water partition coefficient (Wildman–Crippen LogP) is 1.11. The maximum absolute atomic E-state index is 12.3. The summed E-state index contributed by atoms with van der Waals surface area (Å²) in [5, 5.41) is 2.77. The second-order valence-corrected chi connectivity index (χ2v) is 9.05. The zero-order valence-electron chi connectivity index (χ0n) is 12.4. The molecule has 2 heterocycles. The summed E-state index contributed by atoms with van der Waals surface area (Å²) in [6.07, 6.45) is 0.593. The van der Waals surface area contributed by atoms with Crippen molar-refractivity contribution in [3.05, 3.63) is 28.7 Å². The zero-order chi connectivity index (χ0) is 16.6. The van der Waals surface area contributed by atoms with Crippen molar-refractivity contribution in [2.24, 2.45) is 5.92 Å². The molecular formula is C15H17BrN2O4S. The lowest BCUT2D eigenvalue weighted by Gasteiger charge is -2.19. The van der Waals surface area contributed by atoms with Crippen LogP contribution in [0.5, 0.6) is 0 Å². The van der Waals surface area contributed by atoms with E-state index in [1.807, 2.05) is 24.3 Å². The lowest BCUT2D eigenvalue weighted by molar-refractivity contribution is -0.126. The van der Waals surface area contributed by atoms with Crippen LogP contribution < -0.4 is 10.2 Å². The molecule has 23 heavy (non-hydrogen) atoms. The second-order valence-electron chi connectivity index (χ2n) is 5.97. The first-order valence-electron chi connectivity index (χ1n) is 7.41. The number of amides is 2. The average Bonchev–Trinajstić information content (AvgIpc) is 3.02. The summed E-state index contributed by atoms with van der Waals surface area (Å²) in [7, 11) is -3.03. The summed E-state index contributed by atoms with van der Waals surface area (Å²) in [6.45, 7) is 0.312. The Morgan fingerprint density at radius 3 is 2.70 bits per heavy atom. The van der Waals surface area contributed by atoms with Crippen LogP contribution in [0, 0.1) is 5.92 Å². The standard InChI is InChI=1S/C15H17BrN2O4S/c16-12-3-1-2-4-13(12)18-8-10(7-14(18)19)15(20)17-11-5-6-23(21,22)9-11/h1-4,10-11H,5-9H2,(H,17,20)/t10-,11-/m1/s1. The minimum atomic E-state index is -3.03. The lowest BCUT2D eigenvalue weighted by Crippen LogP contribution is -2.40. The van der Waals surface area contributed by atoms with Gasteiger partial charge < -0.3 is 10.2 Å². The Labute approximate surface area is 143 Å². The number of carbonyl (C=O) groups excluding carboxylic acids is 2. The molecule has 0 spiro atoms. The molecule has 0 unspecified atom stereocenters. The van der Waals surface area contributed by atoms with Gasteiger partial charge in [-0.15, -0.1) is 0 Å². The van der Waals surface area contributed by atoms with E-state index in [9.17, 15) is 18.0 Å². The van der Waals surface area contributed by atoms with Gasteiger partial charge >= 0.3 is 0 Å². The van der Waals surface area contributed by atoms with E-state index < -0.39 is 15.8 Å². The van der Waals surface area contributed by atoms with Gasteiger partial charge in [-0.2, -0.15) is 0 Å². The highest BCUT2D eigenvalue weighted by atomic mass is 79.9. The predicted molar refractivity (Wildman–Crippen MR) is 89.8 cm³/mol. The fraction of sp³-hybridized carbons (Fsp3) is 0.467. The molecule has 8 heteroatoms. The molecule has 0 aliphatic carbocycles. The minimum absolute atomic E-state index is 0.00659. The van der Waals surface area contributed by atoms with Gasteiger partial charge in [0.25, 0.3) is 0 Å². The molecule has 2 atom stereocenters. The highest BCUT2D eigenvalue weighted by Crippen LogP contribution is 2.31. The molecule has 0 saturated carbocycles. The van der Waals surface area contributed by atoms with Crippen LogP contribution in [0.15, 0.2) is 28.7 Å². The number of carbonyl (C=O) groups is 2. The van der Waals surface area contributed by atoms with Gasteiger partial charge in [0.15, 0.2) is 9.84 Å². The zero-order valence-corrected chi connectivity index (χ0v) is 14.8. The monoisotopic (exact) mass is 400 g/mol.